The van der Waals surface area contributed by atoms with Crippen molar-refractivity contribution in [3.05, 3.63) is 93.2 Å². The highest BCUT2D eigenvalue weighted by atomic mass is 35.5. The van der Waals surface area contributed by atoms with Gasteiger partial charge in [-0.05, 0) is 17.2 Å². The maximum Gasteiger partial charge on any atom is 0.573 e. The van der Waals surface area contributed by atoms with Crippen molar-refractivity contribution in [2.75, 3.05) is 0 Å². The number of fused-ring (bicyclic) bond motifs is 1. The molecule has 0 saturated heterocycles. The van der Waals surface area contributed by atoms with Gasteiger partial charge in [0.2, 0.25) is 0 Å². The topological polar surface area (TPSA) is 31.2 Å². The lowest BCUT2D eigenvalue weighted by molar-refractivity contribution is -0.274. The van der Waals surface area contributed by atoms with Gasteiger partial charge in [0.1, 0.15) is 5.75 Å². The summed E-state index contributed by atoms with van der Waals surface area (Å²) >= 11 is 12.5. The molecule has 4 aromatic rings. The van der Waals surface area contributed by atoms with Crippen LogP contribution in [0, 0.1) is 0 Å². The first-order chi connectivity index (χ1) is 14.2. The number of rotatable bonds is 3. The van der Waals surface area contributed by atoms with Crippen LogP contribution in [0.1, 0.15) is 0 Å². The van der Waals surface area contributed by atoms with E-state index < -0.39 is 17.7 Å². The molecule has 0 fully saturated rings. The molecule has 3 nitrogen and oxygen atoms in total. The predicted molar refractivity (Wildman–Crippen MR) is 112 cm³/mol. The molecule has 30 heavy (non-hydrogen) atoms. The summed E-state index contributed by atoms with van der Waals surface area (Å²) in [6, 6.07) is 19.9. The Bertz CT molecular complexity index is 1280. The van der Waals surface area contributed by atoms with Gasteiger partial charge in [-0.25, -0.2) is 0 Å². The maximum atomic E-state index is 13.1. The Morgan fingerprint density at radius 1 is 0.833 bits per heavy atom. The Labute approximate surface area is 178 Å². The number of ether oxygens (including phenoxy) is 1. The molecule has 0 aliphatic rings. The Balaban J connectivity index is 1.98. The first kappa shape index (κ1) is 20.3. The summed E-state index contributed by atoms with van der Waals surface area (Å²) in [5.41, 5.74) is 1.73. The van der Waals surface area contributed by atoms with Crippen LogP contribution in [0.5, 0.6) is 5.75 Å². The van der Waals surface area contributed by atoms with E-state index in [1.165, 1.54) is 10.6 Å². The van der Waals surface area contributed by atoms with Gasteiger partial charge < -0.3 is 4.74 Å². The second kappa shape index (κ2) is 7.70. The fourth-order valence-electron chi connectivity index (χ4n) is 3.32. The summed E-state index contributed by atoms with van der Waals surface area (Å²) in [5.74, 6) is -0.570. The van der Waals surface area contributed by atoms with Gasteiger partial charge in [-0.2, -0.15) is 0 Å². The Morgan fingerprint density at radius 2 is 1.43 bits per heavy atom. The molecule has 0 aliphatic heterocycles. The Kier molecular flexibility index (Phi) is 5.22. The second-order valence-corrected chi connectivity index (χ2v) is 7.21. The van der Waals surface area contributed by atoms with Gasteiger partial charge in [-0.1, -0.05) is 71.7 Å². The first-order valence-electron chi connectivity index (χ1n) is 8.70. The molecule has 0 aliphatic carbocycles. The van der Waals surface area contributed by atoms with E-state index in [1.807, 2.05) is 42.5 Å². The van der Waals surface area contributed by atoms with Crippen LogP contribution in [0.15, 0.2) is 77.6 Å². The van der Waals surface area contributed by atoms with Crippen molar-refractivity contribution in [3.63, 3.8) is 0 Å². The van der Waals surface area contributed by atoms with E-state index in [2.05, 4.69) is 4.74 Å². The minimum Gasteiger partial charge on any atom is -0.406 e. The summed E-state index contributed by atoms with van der Waals surface area (Å²) in [7, 11) is 0. The fraction of sp³-hybridized carbons (Fsp3) is 0.0455. The average Bonchev–Trinajstić information content (AvgIpc) is 2.68. The van der Waals surface area contributed by atoms with Gasteiger partial charge in [-0.15, -0.1) is 13.2 Å². The van der Waals surface area contributed by atoms with Crippen LogP contribution in [0.2, 0.25) is 10.0 Å². The highest BCUT2D eigenvalue weighted by molar-refractivity contribution is 6.38. The lowest BCUT2D eigenvalue weighted by Crippen LogP contribution is -2.20. The van der Waals surface area contributed by atoms with Gasteiger partial charge >= 0.3 is 6.36 Å². The standard InChI is InChI=1S/C22H12Cl2F3NO2/c23-17-10-14(30-22(25,26)27)11-18(24)21(17)28-19-9-5-4-8-15(19)16(12-20(28)29)13-6-2-1-3-7-13/h1-12H. The van der Waals surface area contributed by atoms with Crippen molar-refractivity contribution in [1.82, 2.24) is 4.57 Å². The van der Waals surface area contributed by atoms with Gasteiger partial charge in [0.25, 0.3) is 5.56 Å². The number of hydrogen-bond donors (Lipinski definition) is 0. The molecule has 8 heteroatoms. The van der Waals surface area contributed by atoms with E-state index in [0.717, 1.165) is 28.6 Å². The van der Waals surface area contributed by atoms with Crippen LogP contribution in [0.3, 0.4) is 0 Å². The van der Waals surface area contributed by atoms with Gasteiger partial charge in [0.15, 0.2) is 0 Å². The van der Waals surface area contributed by atoms with Crippen molar-refractivity contribution in [2.24, 2.45) is 0 Å². The van der Waals surface area contributed by atoms with Crippen LogP contribution in [-0.4, -0.2) is 10.9 Å². The monoisotopic (exact) mass is 449 g/mol. The summed E-state index contributed by atoms with van der Waals surface area (Å²) in [6.45, 7) is 0. The molecule has 0 bridgehead atoms. The third kappa shape index (κ3) is 3.88. The number of benzene rings is 3. The maximum absolute atomic E-state index is 13.1. The van der Waals surface area contributed by atoms with E-state index in [1.54, 1.807) is 12.1 Å². The van der Waals surface area contributed by atoms with Crippen LogP contribution < -0.4 is 10.3 Å². The average molecular weight is 450 g/mol. The first-order valence-corrected chi connectivity index (χ1v) is 9.45. The lowest BCUT2D eigenvalue weighted by Gasteiger charge is -2.17. The smallest absolute Gasteiger partial charge is 0.406 e. The van der Waals surface area contributed by atoms with Gasteiger partial charge in [0.05, 0.1) is 21.2 Å². The van der Waals surface area contributed by atoms with Crippen molar-refractivity contribution in [3.8, 4) is 22.6 Å². The third-order valence-corrected chi connectivity index (χ3v) is 5.03. The summed E-state index contributed by atoms with van der Waals surface area (Å²) in [6.07, 6.45) is -4.89. The second-order valence-electron chi connectivity index (χ2n) is 6.40. The molecule has 1 heterocycles. The Hall–Kier alpha value is -2.96. The molecule has 0 spiro atoms. The van der Waals surface area contributed by atoms with Crippen molar-refractivity contribution in [2.45, 2.75) is 6.36 Å². The fourth-order valence-corrected chi connectivity index (χ4v) is 3.95. The molecule has 152 valence electrons. The molecule has 0 amide bonds. The number of alkyl halides is 3. The molecular weight excluding hydrogens is 438 g/mol. The van der Waals surface area contributed by atoms with Crippen LogP contribution in [-0.2, 0) is 0 Å². The number of aromatic nitrogens is 1. The number of halogens is 5. The highest BCUT2D eigenvalue weighted by Gasteiger charge is 2.32. The normalized spacial score (nSPS) is 11.6. The summed E-state index contributed by atoms with van der Waals surface area (Å²) < 4.78 is 42.8. The van der Waals surface area contributed by atoms with E-state index in [4.69, 9.17) is 23.2 Å². The van der Waals surface area contributed by atoms with Crippen LogP contribution in [0.4, 0.5) is 13.2 Å². The van der Waals surface area contributed by atoms with Crippen molar-refractivity contribution in [1.29, 1.82) is 0 Å². The number of hydrogen-bond acceptors (Lipinski definition) is 2. The van der Waals surface area contributed by atoms with E-state index in [9.17, 15) is 18.0 Å². The molecule has 0 radical (unpaired) electrons. The minimum absolute atomic E-state index is 0.0775. The molecule has 0 saturated carbocycles. The molecule has 1 aromatic heterocycles. The largest absolute Gasteiger partial charge is 0.573 e. The number of pyridine rings is 1. The predicted octanol–water partition coefficient (Wildman–Crippen LogP) is 6.86. The van der Waals surface area contributed by atoms with E-state index >= 15 is 0 Å². The quantitative estimate of drug-likeness (QED) is 0.341. The van der Waals surface area contributed by atoms with E-state index in [-0.39, 0.29) is 15.7 Å². The van der Waals surface area contributed by atoms with Crippen molar-refractivity contribution >= 4 is 34.1 Å². The highest BCUT2D eigenvalue weighted by Crippen LogP contribution is 2.37. The zero-order chi connectivity index (χ0) is 21.5. The third-order valence-electron chi connectivity index (χ3n) is 4.46. The van der Waals surface area contributed by atoms with Crippen LogP contribution >= 0.6 is 23.2 Å². The molecule has 4 rings (SSSR count). The van der Waals surface area contributed by atoms with E-state index in [0.29, 0.717) is 5.52 Å². The Morgan fingerprint density at radius 3 is 2.07 bits per heavy atom. The van der Waals surface area contributed by atoms with Crippen LogP contribution in [0.25, 0.3) is 27.7 Å². The molecule has 0 unspecified atom stereocenters. The summed E-state index contributed by atoms with van der Waals surface area (Å²) in [5, 5.41) is 0.453. The SMILES string of the molecule is O=c1cc(-c2ccccc2)c2ccccc2n1-c1c(Cl)cc(OC(F)(F)F)cc1Cl. The molecule has 3 aromatic carbocycles. The van der Waals surface area contributed by atoms with Gasteiger partial charge in [0, 0.05) is 23.6 Å². The number of para-hydroxylation sites is 1. The summed E-state index contributed by atoms with van der Waals surface area (Å²) in [4.78, 5) is 13.1. The molecular formula is C22H12Cl2F3NO2. The minimum atomic E-state index is -4.89. The zero-order valence-corrected chi connectivity index (χ0v) is 16.6. The lowest BCUT2D eigenvalue weighted by atomic mass is 10.0. The number of nitrogens with zero attached hydrogens (tertiary/aromatic N) is 1. The molecule has 0 N–H and O–H groups in total. The zero-order valence-electron chi connectivity index (χ0n) is 15.1. The van der Waals surface area contributed by atoms with Crippen molar-refractivity contribution < 1.29 is 17.9 Å². The molecule has 0 atom stereocenters. The van der Waals surface area contributed by atoms with Gasteiger partial charge in [-0.3, -0.25) is 9.36 Å².